The normalized spacial score (nSPS) is 19.9. The van der Waals surface area contributed by atoms with Gasteiger partial charge < -0.3 is 20.9 Å². The molecule has 0 aliphatic carbocycles. The van der Waals surface area contributed by atoms with Crippen molar-refractivity contribution in [1.82, 2.24) is 0 Å². The molecule has 0 bridgehead atoms. The van der Waals surface area contributed by atoms with Gasteiger partial charge in [-0.15, -0.1) is 0 Å². The summed E-state index contributed by atoms with van der Waals surface area (Å²) in [6.45, 7) is 7.79. The quantitative estimate of drug-likeness (QED) is 0.743. The van der Waals surface area contributed by atoms with Crippen molar-refractivity contribution in [2.75, 3.05) is 0 Å². The van der Waals surface area contributed by atoms with Gasteiger partial charge in [0.15, 0.2) is 0 Å². The van der Waals surface area contributed by atoms with Crippen LogP contribution in [0, 0.1) is 0 Å². The minimum absolute atomic E-state index is 0.350. The molecule has 1 aliphatic rings. The van der Waals surface area contributed by atoms with Gasteiger partial charge in [-0.2, -0.15) is 0 Å². The molecule has 0 saturated carbocycles. The summed E-state index contributed by atoms with van der Waals surface area (Å²) in [5.74, 6) is -0.698. The second kappa shape index (κ2) is 3.68. The van der Waals surface area contributed by atoms with E-state index in [1.54, 1.807) is 12.5 Å². The maximum absolute atomic E-state index is 5.99. The molecule has 1 heterocycles. The summed E-state index contributed by atoms with van der Waals surface area (Å²) in [5, 5.41) is 0. The first-order valence-electron chi connectivity index (χ1n) is 5.20. The molecular weight excluding hydrogens is 192 g/mol. The van der Waals surface area contributed by atoms with Gasteiger partial charge in [-0.3, -0.25) is 0 Å². The van der Waals surface area contributed by atoms with Crippen molar-refractivity contribution in [3.8, 4) is 0 Å². The van der Waals surface area contributed by atoms with Crippen molar-refractivity contribution in [1.29, 1.82) is 0 Å². The van der Waals surface area contributed by atoms with E-state index in [1.165, 1.54) is 0 Å². The van der Waals surface area contributed by atoms with E-state index in [0.29, 0.717) is 12.8 Å². The zero-order chi connectivity index (χ0) is 11.7. The molecule has 0 atom stereocenters. The maximum atomic E-state index is 5.99. The molecule has 0 amide bonds. The Kier molecular flexibility index (Phi) is 3.03. The van der Waals surface area contributed by atoms with Crippen LogP contribution in [-0.4, -0.2) is 16.9 Å². The maximum Gasteiger partial charge on any atom is 0.253 e. The molecule has 4 heteroatoms. The highest BCUT2D eigenvalue weighted by Crippen LogP contribution is 2.35. The molecule has 0 fully saturated rings. The van der Waals surface area contributed by atoms with Crippen LogP contribution in [0.3, 0.4) is 0 Å². The van der Waals surface area contributed by atoms with E-state index in [4.69, 9.17) is 20.9 Å². The highest BCUT2D eigenvalue weighted by molar-refractivity contribution is 4.94. The van der Waals surface area contributed by atoms with Gasteiger partial charge in [-0.25, -0.2) is 0 Å². The van der Waals surface area contributed by atoms with Crippen molar-refractivity contribution >= 4 is 0 Å². The van der Waals surface area contributed by atoms with Gasteiger partial charge in [0, 0.05) is 23.9 Å². The molecule has 15 heavy (non-hydrogen) atoms. The number of hydrogen-bond acceptors (Lipinski definition) is 4. The Hall–Kier alpha value is -0.740. The minimum Gasteiger partial charge on any atom is -0.457 e. The highest BCUT2D eigenvalue weighted by atomic mass is 16.7. The lowest BCUT2D eigenvalue weighted by atomic mass is 9.87. The monoisotopic (exact) mass is 214 g/mol. The second-order valence-corrected chi connectivity index (χ2v) is 5.75. The zero-order valence-electron chi connectivity index (χ0n) is 10.0. The summed E-state index contributed by atoms with van der Waals surface area (Å²) < 4.78 is 11.1. The van der Waals surface area contributed by atoms with E-state index in [-0.39, 0.29) is 11.1 Å². The van der Waals surface area contributed by atoms with Gasteiger partial charge in [-0.05, 0) is 27.7 Å². The van der Waals surface area contributed by atoms with Gasteiger partial charge >= 0.3 is 0 Å². The standard InChI is InChI=1S/C11H22N2O2/c1-9(2,12)7-11(8-10(3,4)13)14-5-6-15-11/h5-6H,7-8,12-13H2,1-4H3. The van der Waals surface area contributed by atoms with E-state index in [9.17, 15) is 0 Å². The topological polar surface area (TPSA) is 70.5 Å². The van der Waals surface area contributed by atoms with Gasteiger partial charge in [-0.1, -0.05) is 0 Å². The summed E-state index contributed by atoms with van der Waals surface area (Å²) in [6, 6.07) is 0. The van der Waals surface area contributed by atoms with E-state index >= 15 is 0 Å². The SMILES string of the molecule is CC(C)(N)CC1(CC(C)(C)N)OC=CO1. The fourth-order valence-electron chi connectivity index (χ4n) is 1.95. The number of rotatable bonds is 4. The van der Waals surface area contributed by atoms with Crippen LogP contribution < -0.4 is 11.5 Å². The molecule has 0 aromatic carbocycles. The summed E-state index contributed by atoms with van der Waals surface area (Å²) in [4.78, 5) is 0. The molecule has 0 aromatic heterocycles. The first-order valence-corrected chi connectivity index (χ1v) is 5.20. The summed E-state index contributed by atoms with van der Waals surface area (Å²) in [5.41, 5.74) is 11.3. The van der Waals surface area contributed by atoms with Crippen molar-refractivity contribution < 1.29 is 9.47 Å². The van der Waals surface area contributed by atoms with Crippen LogP contribution >= 0.6 is 0 Å². The summed E-state index contributed by atoms with van der Waals surface area (Å²) in [6.07, 6.45) is 4.32. The van der Waals surface area contributed by atoms with Crippen LogP contribution in [0.1, 0.15) is 40.5 Å². The van der Waals surface area contributed by atoms with E-state index in [2.05, 4.69) is 0 Å². The Balaban J connectivity index is 2.72. The molecule has 4 N–H and O–H groups in total. The van der Waals surface area contributed by atoms with E-state index < -0.39 is 5.79 Å². The molecule has 0 spiro atoms. The number of ether oxygens (including phenoxy) is 2. The Morgan fingerprint density at radius 2 is 1.27 bits per heavy atom. The molecule has 88 valence electrons. The van der Waals surface area contributed by atoms with Crippen LogP contribution in [0.2, 0.25) is 0 Å². The second-order valence-electron chi connectivity index (χ2n) is 5.75. The van der Waals surface area contributed by atoms with Crippen molar-refractivity contribution in [2.45, 2.75) is 57.4 Å². The fraction of sp³-hybridized carbons (Fsp3) is 0.818. The molecule has 1 aliphatic heterocycles. The third-order valence-electron chi connectivity index (χ3n) is 2.07. The molecule has 0 radical (unpaired) electrons. The molecule has 4 nitrogen and oxygen atoms in total. The van der Waals surface area contributed by atoms with Crippen molar-refractivity contribution in [2.24, 2.45) is 11.5 Å². The first kappa shape index (κ1) is 12.3. The van der Waals surface area contributed by atoms with Crippen molar-refractivity contribution in [3.05, 3.63) is 12.5 Å². The summed E-state index contributed by atoms with van der Waals surface area (Å²) in [7, 11) is 0. The molecule has 0 unspecified atom stereocenters. The lowest BCUT2D eigenvalue weighted by Crippen LogP contribution is -2.50. The molecule has 0 aromatic rings. The van der Waals surface area contributed by atoms with Gasteiger partial charge in [0.25, 0.3) is 5.79 Å². The van der Waals surface area contributed by atoms with Gasteiger partial charge in [0.2, 0.25) is 0 Å². The Labute approximate surface area is 91.6 Å². The lowest BCUT2D eigenvalue weighted by Gasteiger charge is -2.37. The Bertz CT molecular complexity index is 222. The van der Waals surface area contributed by atoms with Crippen LogP contribution in [0.15, 0.2) is 12.5 Å². The Morgan fingerprint density at radius 1 is 0.933 bits per heavy atom. The van der Waals surface area contributed by atoms with Crippen LogP contribution in [0.4, 0.5) is 0 Å². The minimum atomic E-state index is -0.698. The number of hydrogen-bond donors (Lipinski definition) is 2. The molecule has 1 rings (SSSR count). The first-order chi connectivity index (χ1) is 6.62. The average molecular weight is 214 g/mol. The van der Waals surface area contributed by atoms with Crippen LogP contribution in [-0.2, 0) is 9.47 Å². The van der Waals surface area contributed by atoms with Gasteiger partial charge in [0.1, 0.15) is 12.5 Å². The van der Waals surface area contributed by atoms with E-state index in [1.807, 2.05) is 27.7 Å². The van der Waals surface area contributed by atoms with Crippen molar-refractivity contribution in [3.63, 3.8) is 0 Å². The predicted octanol–water partition coefficient (Wildman–Crippen LogP) is 1.46. The third kappa shape index (κ3) is 4.10. The molecular formula is C11H22N2O2. The predicted molar refractivity (Wildman–Crippen MR) is 59.8 cm³/mol. The van der Waals surface area contributed by atoms with Crippen LogP contribution in [0.25, 0.3) is 0 Å². The Morgan fingerprint density at radius 3 is 1.53 bits per heavy atom. The highest BCUT2D eigenvalue weighted by Gasteiger charge is 2.43. The lowest BCUT2D eigenvalue weighted by molar-refractivity contribution is -0.168. The van der Waals surface area contributed by atoms with E-state index in [0.717, 1.165) is 0 Å². The summed E-state index contributed by atoms with van der Waals surface area (Å²) >= 11 is 0. The average Bonchev–Trinajstić information content (AvgIpc) is 2.27. The van der Waals surface area contributed by atoms with Crippen LogP contribution in [0.5, 0.6) is 0 Å². The smallest absolute Gasteiger partial charge is 0.253 e. The molecule has 0 saturated heterocycles. The third-order valence-corrected chi connectivity index (χ3v) is 2.07. The zero-order valence-corrected chi connectivity index (χ0v) is 10.0. The van der Waals surface area contributed by atoms with Gasteiger partial charge in [0.05, 0.1) is 0 Å². The fourth-order valence-corrected chi connectivity index (χ4v) is 1.95. The number of nitrogens with two attached hydrogens (primary N) is 2. The largest absolute Gasteiger partial charge is 0.457 e.